The minimum atomic E-state index is -0.765. The SMILES string of the molecule is NC(=O)CCN(C(=O)COC(=O)c1csc(-c2ccc(Cl)cc2)n1)c1ccc(F)cc1. The Balaban J connectivity index is 1.65. The van der Waals surface area contributed by atoms with E-state index in [1.165, 1.54) is 45.9 Å². The van der Waals surface area contributed by atoms with Crippen molar-refractivity contribution in [1.29, 1.82) is 0 Å². The van der Waals surface area contributed by atoms with Gasteiger partial charge >= 0.3 is 5.97 Å². The van der Waals surface area contributed by atoms with E-state index in [0.717, 1.165) is 5.56 Å². The predicted molar refractivity (Wildman–Crippen MR) is 115 cm³/mol. The number of amides is 2. The Morgan fingerprint density at radius 1 is 1.10 bits per heavy atom. The molecule has 31 heavy (non-hydrogen) atoms. The number of halogens is 2. The van der Waals surface area contributed by atoms with Crippen LogP contribution in [0.1, 0.15) is 16.9 Å². The Morgan fingerprint density at radius 3 is 2.42 bits per heavy atom. The van der Waals surface area contributed by atoms with Crippen molar-refractivity contribution in [1.82, 2.24) is 4.98 Å². The third kappa shape index (κ3) is 6.09. The molecule has 0 bridgehead atoms. The quantitative estimate of drug-likeness (QED) is 0.515. The van der Waals surface area contributed by atoms with Crippen LogP contribution in [0, 0.1) is 5.82 Å². The van der Waals surface area contributed by atoms with Crippen LogP contribution in [0.25, 0.3) is 10.6 Å². The Morgan fingerprint density at radius 2 is 1.77 bits per heavy atom. The fourth-order valence-electron chi connectivity index (χ4n) is 2.61. The van der Waals surface area contributed by atoms with Crippen molar-refractivity contribution in [3.8, 4) is 10.6 Å². The van der Waals surface area contributed by atoms with Gasteiger partial charge in [0.15, 0.2) is 12.3 Å². The van der Waals surface area contributed by atoms with Gasteiger partial charge < -0.3 is 15.4 Å². The van der Waals surface area contributed by atoms with Crippen LogP contribution in [0.15, 0.2) is 53.9 Å². The molecule has 0 aliphatic rings. The molecule has 2 amide bonds. The van der Waals surface area contributed by atoms with Crippen molar-refractivity contribution >= 4 is 46.4 Å². The zero-order valence-corrected chi connectivity index (χ0v) is 17.7. The van der Waals surface area contributed by atoms with Crippen molar-refractivity contribution in [2.45, 2.75) is 6.42 Å². The van der Waals surface area contributed by atoms with Crippen LogP contribution in [0.3, 0.4) is 0 Å². The lowest BCUT2D eigenvalue weighted by atomic mass is 10.2. The number of primary amides is 1. The van der Waals surface area contributed by atoms with Gasteiger partial charge in [0, 0.05) is 34.6 Å². The van der Waals surface area contributed by atoms with Crippen LogP contribution >= 0.6 is 22.9 Å². The highest BCUT2D eigenvalue weighted by atomic mass is 35.5. The number of anilines is 1. The molecule has 0 aliphatic carbocycles. The second kappa shape index (κ2) is 10.1. The molecule has 3 aromatic rings. The van der Waals surface area contributed by atoms with Gasteiger partial charge in [-0.2, -0.15) is 0 Å². The van der Waals surface area contributed by atoms with E-state index in [1.807, 2.05) is 0 Å². The summed E-state index contributed by atoms with van der Waals surface area (Å²) in [7, 11) is 0. The van der Waals surface area contributed by atoms with Crippen molar-refractivity contribution in [3.05, 3.63) is 70.4 Å². The molecule has 7 nitrogen and oxygen atoms in total. The molecule has 0 unspecified atom stereocenters. The van der Waals surface area contributed by atoms with Crippen LogP contribution in [-0.2, 0) is 14.3 Å². The Hall–Kier alpha value is -3.30. The molecule has 0 aliphatic heterocycles. The van der Waals surface area contributed by atoms with Gasteiger partial charge in [-0.05, 0) is 36.4 Å². The lowest BCUT2D eigenvalue weighted by molar-refractivity contribution is -0.121. The van der Waals surface area contributed by atoms with Gasteiger partial charge in [0.25, 0.3) is 5.91 Å². The minimum absolute atomic E-state index is 0.0330. The van der Waals surface area contributed by atoms with E-state index in [2.05, 4.69) is 4.98 Å². The number of nitrogens with zero attached hydrogens (tertiary/aromatic N) is 2. The summed E-state index contributed by atoms with van der Waals surface area (Å²) in [6, 6.07) is 12.1. The van der Waals surface area contributed by atoms with E-state index >= 15 is 0 Å². The topological polar surface area (TPSA) is 103 Å². The summed E-state index contributed by atoms with van der Waals surface area (Å²) in [4.78, 5) is 41.5. The number of nitrogens with two attached hydrogens (primary N) is 1. The van der Waals surface area contributed by atoms with Crippen LogP contribution in [-0.4, -0.2) is 35.9 Å². The summed E-state index contributed by atoms with van der Waals surface area (Å²) in [5, 5.41) is 2.71. The zero-order chi connectivity index (χ0) is 22.4. The molecule has 0 radical (unpaired) electrons. The van der Waals surface area contributed by atoms with E-state index in [1.54, 1.807) is 24.3 Å². The number of ether oxygens (including phenoxy) is 1. The normalized spacial score (nSPS) is 10.5. The maximum Gasteiger partial charge on any atom is 0.358 e. The van der Waals surface area contributed by atoms with Crippen LogP contribution in [0.2, 0.25) is 5.02 Å². The number of aromatic nitrogens is 1. The monoisotopic (exact) mass is 461 g/mol. The number of carbonyl (C=O) groups is 3. The molecular formula is C21H17ClFN3O4S. The molecule has 2 aromatic carbocycles. The highest BCUT2D eigenvalue weighted by Crippen LogP contribution is 2.25. The first-order valence-electron chi connectivity index (χ1n) is 9.06. The lowest BCUT2D eigenvalue weighted by Gasteiger charge is -2.22. The number of carbonyl (C=O) groups excluding carboxylic acids is 3. The predicted octanol–water partition coefficient (Wildman–Crippen LogP) is 3.67. The van der Waals surface area contributed by atoms with Crippen molar-refractivity contribution in [2.24, 2.45) is 5.73 Å². The molecular weight excluding hydrogens is 445 g/mol. The smallest absolute Gasteiger partial charge is 0.358 e. The second-order valence-electron chi connectivity index (χ2n) is 6.36. The molecule has 3 rings (SSSR count). The van der Waals surface area contributed by atoms with Crippen LogP contribution in [0.4, 0.5) is 10.1 Å². The molecule has 0 saturated heterocycles. The van der Waals surface area contributed by atoms with Gasteiger partial charge in [0.05, 0.1) is 0 Å². The third-order valence-electron chi connectivity index (χ3n) is 4.15. The summed E-state index contributed by atoms with van der Waals surface area (Å²) in [6.07, 6.45) is -0.104. The molecule has 1 aromatic heterocycles. The number of esters is 1. The highest BCUT2D eigenvalue weighted by Gasteiger charge is 2.20. The third-order valence-corrected chi connectivity index (χ3v) is 5.30. The summed E-state index contributed by atoms with van der Waals surface area (Å²) in [5.41, 5.74) is 6.37. The molecule has 0 saturated carbocycles. The molecule has 2 N–H and O–H groups in total. The van der Waals surface area contributed by atoms with Gasteiger partial charge in [0.1, 0.15) is 10.8 Å². The molecule has 1 heterocycles. The molecule has 160 valence electrons. The largest absolute Gasteiger partial charge is 0.451 e. The molecule has 0 atom stereocenters. The Labute approximate surface area is 186 Å². The summed E-state index contributed by atoms with van der Waals surface area (Å²) in [6.45, 7) is -0.614. The average Bonchev–Trinajstić information content (AvgIpc) is 3.24. The van der Waals surface area contributed by atoms with E-state index in [-0.39, 0.29) is 18.7 Å². The molecule has 10 heteroatoms. The summed E-state index contributed by atoms with van der Waals surface area (Å²) < 4.78 is 18.3. The van der Waals surface area contributed by atoms with Gasteiger partial charge in [-0.15, -0.1) is 11.3 Å². The van der Waals surface area contributed by atoms with E-state index < -0.39 is 30.2 Å². The standard InChI is InChI=1S/C21H17ClFN3O4S/c22-14-3-1-13(2-4-14)20-25-17(12-31-20)21(29)30-11-19(28)26(10-9-18(24)27)16-7-5-15(23)6-8-16/h1-8,12H,9-11H2,(H2,24,27). The molecule has 0 spiro atoms. The average molecular weight is 462 g/mol. The van der Waals surface area contributed by atoms with Crippen LogP contribution in [0.5, 0.6) is 0 Å². The minimum Gasteiger partial charge on any atom is -0.451 e. The van der Waals surface area contributed by atoms with Gasteiger partial charge in [0.2, 0.25) is 5.91 Å². The van der Waals surface area contributed by atoms with E-state index in [4.69, 9.17) is 22.1 Å². The second-order valence-corrected chi connectivity index (χ2v) is 7.65. The Bertz CT molecular complexity index is 1090. The first kappa shape index (κ1) is 22.4. The number of hydrogen-bond acceptors (Lipinski definition) is 6. The van der Waals surface area contributed by atoms with Crippen molar-refractivity contribution < 1.29 is 23.5 Å². The fourth-order valence-corrected chi connectivity index (χ4v) is 3.53. The first-order chi connectivity index (χ1) is 14.8. The van der Waals surface area contributed by atoms with Crippen molar-refractivity contribution in [3.63, 3.8) is 0 Å². The summed E-state index contributed by atoms with van der Waals surface area (Å²) in [5.74, 6) is -2.43. The fraction of sp³-hybridized carbons (Fsp3) is 0.143. The number of hydrogen-bond donors (Lipinski definition) is 1. The maximum atomic E-state index is 13.2. The van der Waals surface area contributed by atoms with E-state index in [0.29, 0.717) is 15.7 Å². The van der Waals surface area contributed by atoms with Gasteiger partial charge in [-0.1, -0.05) is 23.7 Å². The molecule has 0 fully saturated rings. The highest BCUT2D eigenvalue weighted by molar-refractivity contribution is 7.13. The number of thiazole rings is 1. The first-order valence-corrected chi connectivity index (χ1v) is 10.3. The maximum absolute atomic E-state index is 13.2. The number of benzene rings is 2. The van der Waals surface area contributed by atoms with E-state index in [9.17, 15) is 18.8 Å². The van der Waals surface area contributed by atoms with Crippen molar-refractivity contribution in [2.75, 3.05) is 18.1 Å². The van der Waals surface area contributed by atoms with Crippen LogP contribution < -0.4 is 10.6 Å². The zero-order valence-electron chi connectivity index (χ0n) is 16.1. The summed E-state index contributed by atoms with van der Waals surface area (Å²) >= 11 is 7.12. The van der Waals surface area contributed by atoms with Gasteiger partial charge in [-0.3, -0.25) is 9.59 Å². The lowest BCUT2D eigenvalue weighted by Crippen LogP contribution is -2.37. The Kier molecular flexibility index (Phi) is 7.32. The van der Waals surface area contributed by atoms with Gasteiger partial charge in [-0.25, -0.2) is 14.2 Å². The number of rotatable bonds is 8.